The zero-order valence-electron chi connectivity index (χ0n) is 11.1. The number of hydrogen-bond donors (Lipinski definition) is 1. The predicted molar refractivity (Wildman–Crippen MR) is 76.9 cm³/mol. The average Bonchev–Trinajstić information content (AvgIpc) is 2.97. The first-order valence-electron chi connectivity index (χ1n) is 7.05. The van der Waals surface area contributed by atoms with E-state index in [0.29, 0.717) is 6.10 Å². The molecule has 2 N–H and O–H groups in total. The van der Waals surface area contributed by atoms with Crippen molar-refractivity contribution in [1.82, 2.24) is 4.98 Å². The van der Waals surface area contributed by atoms with E-state index in [0.717, 1.165) is 30.4 Å². The van der Waals surface area contributed by atoms with Crippen LogP contribution in [0.5, 0.6) is 0 Å². The maximum absolute atomic E-state index is 6.28. The van der Waals surface area contributed by atoms with Crippen LogP contribution >= 0.6 is 0 Å². The van der Waals surface area contributed by atoms with Gasteiger partial charge in [0.15, 0.2) is 0 Å². The molecule has 1 saturated heterocycles. The third-order valence-corrected chi connectivity index (χ3v) is 3.88. The average molecular weight is 256 g/mol. The second kappa shape index (κ2) is 5.68. The molecule has 1 aliphatic rings. The molecule has 3 nitrogen and oxygen atoms in total. The Hall–Kier alpha value is -1.45. The van der Waals surface area contributed by atoms with Crippen LogP contribution in [0.15, 0.2) is 36.5 Å². The van der Waals surface area contributed by atoms with E-state index in [-0.39, 0.29) is 6.04 Å². The molecule has 2 heterocycles. The molecule has 0 spiro atoms. The fourth-order valence-corrected chi connectivity index (χ4v) is 2.72. The van der Waals surface area contributed by atoms with Gasteiger partial charge in [-0.15, -0.1) is 0 Å². The lowest BCUT2D eigenvalue weighted by atomic mass is 9.99. The van der Waals surface area contributed by atoms with Crippen molar-refractivity contribution in [2.45, 2.75) is 37.8 Å². The van der Waals surface area contributed by atoms with Gasteiger partial charge in [-0.05, 0) is 43.4 Å². The van der Waals surface area contributed by atoms with Crippen LogP contribution in [0.4, 0.5) is 0 Å². The molecule has 0 saturated carbocycles. The topological polar surface area (TPSA) is 48.1 Å². The van der Waals surface area contributed by atoms with E-state index in [2.05, 4.69) is 29.2 Å². The van der Waals surface area contributed by atoms with Crippen molar-refractivity contribution in [1.29, 1.82) is 0 Å². The zero-order chi connectivity index (χ0) is 13.1. The van der Waals surface area contributed by atoms with Crippen LogP contribution < -0.4 is 5.73 Å². The third kappa shape index (κ3) is 2.94. The van der Waals surface area contributed by atoms with Crippen molar-refractivity contribution in [2.75, 3.05) is 6.61 Å². The second-order valence-electron chi connectivity index (χ2n) is 5.27. The van der Waals surface area contributed by atoms with Crippen molar-refractivity contribution < 1.29 is 4.74 Å². The lowest BCUT2D eigenvalue weighted by Gasteiger charge is -2.15. The van der Waals surface area contributed by atoms with E-state index in [1.165, 1.54) is 18.4 Å². The minimum absolute atomic E-state index is 0.0793. The van der Waals surface area contributed by atoms with E-state index in [1.807, 2.05) is 12.3 Å². The number of aromatic nitrogens is 1. The molecule has 0 aliphatic carbocycles. The van der Waals surface area contributed by atoms with Crippen LogP contribution in [0, 0.1) is 0 Å². The summed E-state index contributed by atoms with van der Waals surface area (Å²) in [6.45, 7) is 0.916. The minimum Gasteiger partial charge on any atom is -0.378 e. The Labute approximate surface area is 113 Å². The number of benzene rings is 1. The summed E-state index contributed by atoms with van der Waals surface area (Å²) >= 11 is 0. The quantitative estimate of drug-likeness (QED) is 0.913. The fourth-order valence-electron chi connectivity index (χ4n) is 2.72. The molecular formula is C16H20N2O. The van der Waals surface area contributed by atoms with E-state index < -0.39 is 0 Å². The highest BCUT2D eigenvalue weighted by Crippen LogP contribution is 2.24. The Balaban J connectivity index is 1.68. The monoisotopic (exact) mass is 256 g/mol. The molecule has 100 valence electrons. The molecular weight excluding hydrogens is 236 g/mol. The van der Waals surface area contributed by atoms with E-state index in [4.69, 9.17) is 10.5 Å². The molecule has 1 aliphatic heterocycles. The van der Waals surface area contributed by atoms with Gasteiger partial charge in [-0.3, -0.25) is 4.98 Å². The van der Waals surface area contributed by atoms with Gasteiger partial charge in [-0.25, -0.2) is 0 Å². The van der Waals surface area contributed by atoms with Crippen LogP contribution in [0.25, 0.3) is 10.9 Å². The number of pyridine rings is 1. The van der Waals surface area contributed by atoms with Gasteiger partial charge in [0.05, 0.1) is 11.6 Å². The predicted octanol–water partition coefficient (Wildman–Crippen LogP) is 3.19. The fraction of sp³-hybridized carbons (Fsp3) is 0.438. The summed E-state index contributed by atoms with van der Waals surface area (Å²) in [7, 11) is 0. The van der Waals surface area contributed by atoms with Crippen molar-refractivity contribution in [3.8, 4) is 0 Å². The second-order valence-corrected chi connectivity index (χ2v) is 5.27. The van der Waals surface area contributed by atoms with Gasteiger partial charge in [0.25, 0.3) is 0 Å². The summed E-state index contributed by atoms with van der Waals surface area (Å²) in [5.41, 5.74) is 8.47. The normalized spacial score (nSPS) is 20.8. The lowest BCUT2D eigenvalue weighted by Crippen LogP contribution is -2.14. The molecule has 2 aromatic rings. The smallest absolute Gasteiger partial charge is 0.0705 e. The highest BCUT2D eigenvalue weighted by atomic mass is 16.5. The number of ether oxygens (including phenoxy) is 1. The lowest BCUT2D eigenvalue weighted by molar-refractivity contribution is 0.101. The minimum atomic E-state index is 0.0793. The Kier molecular flexibility index (Phi) is 3.76. The summed E-state index contributed by atoms with van der Waals surface area (Å²) in [4.78, 5) is 4.38. The standard InChI is InChI=1S/C16H20N2O/c17-15(8-7-14-4-2-10-19-14)13-6-5-12-3-1-9-18-16(12)11-13/h1,3,5-6,9,11,14-15H,2,4,7-8,10,17H2. The highest BCUT2D eigenvalue weighted by Gasteiger charge is 2.17. The number of nitrogens with two attached hydrogens (primary N) is 1. The first kappa shape index (κ1) is 12.6. The highest BCUT2D eigenvalue weighted by molar-refractivity contribution is 5.78. The summed E-state index contributed by atoms with van der Waals surface area (Å²) in [6, 6.07) is 10.4. The number of nitrogens with zero attached hydrogens (tertiary/aromatic N) is 1. The maximum atomic E-state index is 6.28. The number of hydrogen-bond acceptors (Lipinski definition) is 3. The zero-order valence-corrected chi connectivity index (χ0v) is 11.1. The molecule has 0 amide bonds. The van der Waals surface area contributed by atoms with E-state index in [1.54, 1.807) is 0 Å². The number of fused-ring (bicyclic) bond motifs is 1. The SMILES string of the molecule is NC(CCC1CCCO1)c1ccc2cccnc2c1. The summed E-state index contributed by atoms with van der Waals surface area (Å²) in [5.74, 6) is 0. The summed E-state index contributed by atoms with van der Waals surface area (Å²) in [6.07, 6.45) is 6.66. The molecule has 3 heteroatoms. The molecule has 3 rings (SSSR count). The van der Waals surface area contributed by atoms with Crippen LogP contribution in [-0.4, -0.2) is 17.7 Å². The first-order valence-corrected chi connectivity index (χ1v) is 7.05. The van der Waals surface area contributed by atoms with Crippen molar-refractivity contribution in [3.63, 3.8) is 0 Å². The van der Waals surface area contributed by atoms with Crippen molar-refractivity contribution >= 4 is 10.9 Å². The Morgan fingerprint density at radius 2 is 2.32 bits per heavy atom. The number of rotatable bonds is 4. The Bertz CT molecular complexity index is 549. The summed E-state index contributed by atoms with van der Waals surface area (Å²) in [5, 5.41) is 1.16. The molecule has 1 fully saturated rings. The van der Waals surface area contributed by atoms with Crippen LogP contribution in [0.1, 0.15) is 37.3 Å². The van der Waals surface area contributed by atoms with Crippen LogP contribution in [0.3, 0.4) is 0 Å². The summed E-state index contributed by atoms with van der Waals surface area (Å²) < 4.78 is 5.64. The van der Waals surface area contributed by atoms with Crippen molar-refractivity contribution in [3.05, 3.63) is 42.1 Å². The van der Waals surface area contributed by atoms with E-state index >= 15 is 0 Å². The molecule has 1 aromatic heterocycles. The van der Waals surface area contributed by atoms with Crippen LogP contribution in [-0.2, 0) is 4.74 Å². The Morgan fingerprint density at radius 3 is 3.16 bits per heavy atom. The molecule has 0 radical (unpaired) electrons. The molecule has 1 aromatic carbocycles. The molecule has 2 atom stereocenters. The third-order valence-electron chi connectivity index (χ3n) is 3.88. The van der Waals surface area contributed by atoms with Crippen LogP contribution in [0.2, 0.25) is 0 Å². The van der Waals surface area contributed by atoms with Gasteiger partial charge in [-0.1, -0.05) is 18.2 Å². The van der Waals surface area contributed by atoms with Gasteiger partial charge in [0, 0.05) is 24.2 Å². The van der Waals surface area contributed by atoms with Gasteiger partial charge >= 0.3 is 0 Å². The molecule has 19 heavy (non-hydrogen) atoms. The van der Waals surface area contributed by atoms with Gasteiger partial charge in [-0.2, -0.15) is 0 Å². The first-order chi connectivity index (χ1) is 9.33. The molecule has 2 unspecified atom stereocenters. The molecule has 0 bridgehead atoms. The Morgan fingerprint density at radius 1 is 1.37 bits per heavy atom. The largest absolute Gasteiger partial charge is 0.378 e. The van der Waals surface area contributed by atoms with Gasteiger partial charge < -0.3 is 10.5 Å². The van der Waals surface area contributed by atoms with Gasteiger partial charge in [0.1, 0.15) is 0 Å². The van der Waals surface area contributed by atoms with Gasteiger partial charge in [0.2, 0.25) is 0 Å². The maximum Gasteiger partial charge on any atom is 0.0705 e. The van der Waals surface area contributed by atoms with E-state index in [9.17, 15) is 0 Å². The van der Waals surface area contributed by atoms with Crippen molar-refractivity contribution in [2.24, 2.45) is 5.73 Å².